The third-order valence-corrected chi connectivity index (χ3v) is 4.81. The maximum Gasteiger partial charge on any atom is 0.292 e. The zero-order valence-corrected chi connectivity index (χ0v) is 16.5. The van der Waals surface area contributed by atoms with Crippen LogP contribution in [0.3, 0.4) is 0 Å². The molecule has 29 heavy (non-hydrogen) atoms. The molecule has 1 amide bonds. The summed E-state index contributed by atoms with van der Waals surface area (Å²) in [6.45, 7) is 5.84. The number of carbonyl (C=O) groups is 1. The summed E-state index contributed by atoms with van der Waals surface area (Å²) in [4.78, 5) is 27.9. The fourth-order valence-electron chi connectivity index (χ4n) is 3.54. The van der Waals surface area contributed by atoms with Gasteiger partial charge in [-0.2, -0.15) is 4.98 Å². The average molecular weight is 396 g/mol. The molecule has 1 aliphatic heterocycles. The lowest BCUT2D eigenvalue weighted by atomic mass is 10.2. The van der Waals surface area contributed by atoms with E-state index in [1.54, 1.807) is 36.9 Å². The Labute approximate surface area is 167 Å². The highest BCUT2D eigenvalue weighted by Crippen LogP contribution is 2.33. The van der Waals surface area contributed by atoms with E-state index in [0.717, 1.165) is 12.8 Å². The molecule has 0 N–H and O–H groups in total. The number of benzene rings is 1. The summed E-state index contributed by atoms with van der Waals surface area (Å²) in [5.74, 6) is 0.786. The van der Waals surface area contributed by atoms with Crippen LogP contribution in [0.15, 0.2) is 34.7 Å². The Morgan fingerprint density at radius 1 is 1.21 bits per heavy atom. The van der Waals surface area contributed by atoms with E-state index in [1.165, 1.54) is 12.1 Å². The monoisotopic (exact) mass is 396 g/mol. The number of aryl methyl sites for hydroxylation is 3. The number of nitrogens with zero attached hydrogens (tertiary/aromatic N) is 4. The molecule has 0 saturated carbocycles. The van der Waals surface area contributed by atoms with Crippen molar-refractivity contribution in [3.05, 3.63) is 65.0 Å². The fourth-order valence-corrected chi connectivity index (χ4v) is 3.54. The van der Waals surface area contributed by atoms with E-state index < -0.39 is 5.82 Å². The Morgan fingerprint density at radius 3 is 2.72 bits per heavy atom. The van der Waals surface area contributed by atoms with Crippen molar-refractivity contribution in [1.82, 2.24) is 19.9 Å². The number of para-hydroxylation sites is 1. The third kappa shape index (κ3) is 3.83. The smallest absolute Gasteiger partial charge is 0.292 e. The minimum atomic E-state index is -0.473. The second-order valence-electron chi connectivity index (χ2n) is 7.04. The van der Waals surface area contributed by atoms with Crippen LogP contribution in [0.5, 0.6) is 11.6 Å². The molecule has 2 aromatic heterocycles. The molecule has 3 aromatic rings. The molecule has 1 saturated heterocycles. The van der Waals surface area contributed by atoms with Crippen molar-refractivity contribution in [3.63, 3.8) is 0 Å². The molecule has 1 atom stereocenters. The molecule has 0 spiro atoms. The standard InChI is InChI=1S/C21H21FN4O3/c1-12-11-18(29-17-9-5-4-7-15(17)22)25-20(23-12)16-8-6-10-26(16)21(27)19-13(2)24-14(3)28-19/h4-5,7,9,11,16H,6,8,10H2,1-3H3/t16-/m1/s1. The third-order valence-electron chi connectivity index (χ3n) is 4.81. The number of ether oxygens (including phenoxy) is 1. The SMILES string of the molecule is Cc1cc(Oc2ccccc2F)nc([C@H]2CCCN2C(=O)c2oc(C)nc2C)n1. The lowest BCUT2D eigenvalue weighted by Crippen LogP contribution is -2.31. The van der Waals surface area contributed by atoms with Gasteiger partial charge in [0, 0.05) is 25.2 Å². The van der Waals surface area contributed by atoms with Crippen LogP contribution in [0.25, 0.3) is 0 Å². The van der Waals surface area contributed by atoms with Gasteiger partial charge in [0.1, 0.15) is 0 Å². The van der Waals surface area contributed by atoms with Crippen LogP contribution in [0, 0.1) is 26.6 Å². The highest BCUT2D eigenvalue weighted by Gasteiger charge is 2.35. The number of carbonyl (C=O) groups excluding carboxylic acids is 1. The van der Waals surface area contributed by atoms with Crippen LogP contribution in [-0.2, 0) is 0 Å². The number of hydrogen-bond donors (Lipinski definition) is 0. The fraction of sp³-hybridized carbons (Fsp3) is 0.333. The highest BCUT2D eigenvalue weighted by atomic mass is 19.1. The lowest BCUT2D eigenvalue weighted by molar-refractivity contribution is 0.0694. The number of likely N-dealkylation sites (tertiary alicyclic amines) is 1. The average Bonchev–Trinajstić information content (AvgIpc) is 3.29. The number of amides is 1. The van der Waals surface area contributed by atoms with Gasteiger partial charge in [0.2, 0.25) is 11.6 Å². The minimum Gasteiger partial charge on any atom is -0.436 e. The topological polar surface area (TPSA) is 81.4 Å². The van der Waals surface area contributed by atoms with Crippen molar-refractivity contribution in [3.8, 4) is 11.6 Å². The van der Waals surface area contributed by atoms with Gasteiger partial charge in [-0.05, 0) is 38.8 Å². The molecular weight excluding hydrogens is 375 g/mol. The molecule has 0 unspecified atom stereocenters. The number of oxazole rings is 1. The molecule has 7 nitrogen and oxygen atoms in total. The van der Waals surface area contributed by atoms with E-state index >= 15 is 0 Å². The van der Waals surface area contributed by atoms with Gasteiger partial charge in [0.25, 0.3) is 5.91 Å². The molecule has 4 rings (SSSR count). The predicted octanol–water partition coefficient (Wildman–Crippen LogP) is 4.30. The van der Waals surface area contributed by atoms with Gasteiger partial charge < -0.3 is 14.1 Å². The summed E-state index contributed by atoms with van der Waals surface area (Å²) in [6, 6.07) is 7.47. The molecule has 150 valence electrons. The summed E-state index contributed by atoms with van der Waals surface area (Å²) in [5, 5.41) is 0. The van der Waals surface area contributed by atoms with Crippen molar-refractivity contribution in [2.75, 3.05) is 6.54 Å². The molecule has 1 aliphatic rings. The number of rotatable bonds is 4. The Morgan fingerprint density at radius 2 is 2.00 bits per heavy atom. The van der Waals surface area contributed by atoms with Crippen LogP contribution in [0.1, 0.15) is 52.5 Å². The lowest BCUT2D eigenvalue weighted by Gasteiger charge is -2.23. The molecule has 1 fully saturated rings. The molecular formula is C21H21FN4O3. The van der Waals surface area contributed by atoms with Gasteiger partial charge in [-0.25, -0.2) is 14.4 Å². The van der Waals surface area contributed by atoms with Gasteiger partial charge in [0.05, 0.1) is 11.7 Å². The quantitative estimate of drug-likeness (QED) is 0.654. The van der Waals surface area contributed by atoms with Crippen molar-refractivity contribution < 1.29 is 18.3 Å². The first-order valence-corrected chi connectivity index (χ1v) is 9.45. The number of halogens is 1. The highest BCUT2D eigenvalue weighted by molar-refractivity contribution is 5.92. The largest absolute Gasteiger partial charge is 0.436 e. The van der Waals surface area contributed by atoms with E-state index in [-0.39, 0.29) is 29.3 Å². The van der Waals surface area contributed by atoms with Gasteiger partial charge in [-0.15, -0.1) is 0 Å². The number of aromatic nitrogens is 3. The first-order valence-electron chi connectivity index (χ1n) is 9.45. The summed E-state index contributed by atoms with van der Waals surface area (Å²) < 4.78 is 25.1. The zero-order valence-electron chi connectivity index (χ0n) is 16.5. The van der Waals surface area contributed by atoms with Crippen LogP contribution < -0.4 is 4.74 Å². The van der Waals surface area contributed by atoms with Gasteiger partial charge in [0.15, 0.2) is 23.3 Å². The second-order valence-corrected chi connectivity index (χ2v) is 7.04. The van der Waals surface area contributed by atoms with Crippen molar-refractivity contribution in [1.29, 1.82) is 0 Å². The van der Waals surface area contributed by atoms with Gasteiger partial charge in [-0.3, -0.25) is 4.79 Å². The Balaban J connectivity index is 1.63. The molecule has 3 heterocycles. The molecule has 8 heteroatoms. The molecule has 1 aromatic carbocycles. The maximum absolute atomic E-state index is 13.9. The summed E-state index contributed by atoms with van der Waals surface area (Å²) in [7, 11) is 0. The zero-order chi connectivity index (χ0) is 20.5. The van der Waals surface area contributed by atoms with Gasteiger partial charge in [-0.1, -0.05) is 12.1 Å². The van der Waals surface area contributed by atoms with Crippen molar-refractivity contribution in [2.24, 2.45) is 0 Å². The molecule has 0 radical (unpaired) electrons. The summed E-state index contributed by atoms with van der Waals surface area (Å²) in [6.07, 6.45) is 1.55. The normalized spacial score (nSPS) is 16.3. The maximum atomic E-state index is 13.9. The minimum absolute atomic E-state index is 0.0867. The number of hydrogen-bond acceptors (Lipinski definition) is 6. The van der Waals surface area contributed by atoms with E-state index in [0.29, 0.717) is 29.6 Å². The first kappa shape index (κ1) is 19.0. The van der Waals surface area contributed by atoms with Crippen LogP contribution >= 0.6 is 0 Å². The predicted molar refractivity (Wildman–Crippen MR) is 102 cm³/mol. The molecule has 0 bridgehead atoms. The summed E-state index contributed by atoms with van der Waals surface area (Å²) >= 11 is 0. The van der Waals surface area contributed by atoms with E-state index in [4.69, 9.17) is 9.15 Å². The van der Waals surface area contributed by atoms with Gasteiger partial charge >= 0.3 is 0 Å². The van der Waals surface area contributed by atoms with Crippen molar-refractivity contribution >= 4 is 5.91 Å². The summed E-state index contributed by atoms with van der Waals surface area (Å²) in [5.41, 5.74) is 1.24. The second kappa shape index (κ2) is 7.62. The Kier molecular flexibility index (Phi) is 5.00. The van der Waals surface area contributed by atoms with Crippen molar-refractivity contribution in [2.45, 2.75) is 39.7 Å². The van der Waals surface area contributed by atoms with Crippen LogP contribution in [0.4, 0.5) is 4.39 Å². The van der Waals surface area contributed by atoms with E-state index in [2.05, 4.69) is 15.0 Å². The first-order chi connectivity index (χ1) is 13.9. The van der Waals surface area contributed by atoms with Crippen LogP contribution in [-0.4, -0.2) is 32.3 Å². The van der Waals surface area contributed by atoms with E-state index in [9.17, 15) is 9.18 Å². The Hall–Kier alpha value is -3.29. The molecule has 0 aliphatic carbocycles. The van der Waals surface area contributed by atoms with E-state index in [1.807, 2.05) is 6.92 Å². The van der Waals surface area contributed by atoms with Crippen LogP contribution in [0.2, 0.25) is 0 Å². The Bertz CT molecular complexity index is 1070.